The van der Waals surface area contributed by atoms with Gasteiger partial charge in [-0.05, 0) is 25.5 Å². The standard InChI is InChI=1S/C11H10ClN3O2/c1-6-4-3-5-8(12)9(6)15-7(2)13-10(14-15)11(16)17/h3-5H,1-2H3,(H,16,17). The average Bonchev–Trinajstić information content (AvgIpc) is 2.61. The molecule has 0 fully saturated rings. The van der Waals surface area contributed by atoms with Crippen LogP contribution < -0.4 is 0 Å². The second-order valence-corrected chi connectivity index (χ2v) is 4.01. The van der Waals surface area contributed by atoms with E-state index in [1.54, 1.807) is 13.0 Å². The maximum absolute atomic E-state index is 10.8. The van der Waals surface area contributed by atoms with E-state index in [-0.39, 0.29) is 5.82 Å². The molecule has 0 amide bonds. The van der Waals surface area contributed by atoms with Gasteiger partial charge in [-0.25, -0.2) is 14.5 Å². The molecule has 1 heterocycles. The molecule has 1 N–H and O–H groups in total. The number of carboxylic acids is 1. The Labute approximate surface area is 103 Å². The van der Waals surface area contributed by atoms with Crippen molar-refractivity contribution < 1.29 is 9.90 Å². The van der Waals surface area contributed by atoms with Crippen LogP contribution in [-0.2, 0) is 0 Å². The van der Waals surface area contributed by atoms with Crippen molar-refractivity contribution in [2.24, 2.45) is 0 Å². The Morgan fingerprint density at radius 3 is 2.65 bits per heavy atom. The predicted octanol–water partition coefficient (Wildman–Crippen LogP) is 2.24. The van der Waals surface area contributed by atoms with Crippen molar-refractivity contribution in [2.75, 3.05) is 0 Å². The summed E-state index contributed by atoms with van der Waals surface area (Å²) in [5.74, 6) is -0.906. The Bertz CT molecular complexity index is 572. The van der Waals surface area contributed by atoms with E-state index in [1.807, 2.05) is 19.1 Å². The minimum Gasteiger partial charge on any atom is -0.475 e. The van der Waals surface area contributed by atoms with Crippen LogP contribution in [0, 0.1) is 13.8 Å². The van der Waals surface area contributed by atoms with Gasteiger partial charge in [0.2, 0.25) is 0 Å². The van der Waals surface area contributed by atoms with Crippen LogP contribution in [0.15, 0.2) is 18.2 Å². The highest BCUT2D eigenvalue weighted by Crippen LogP contribution is 2.24. The molecule has 5 nitrogen and oxygen atoms in total. The Morgan fingerprint density at radius 1 is 1.41 bits per heavy atom. The number of halogens is 1. The molecular formula is C11H10ClN3O2. The number of hydrogen-bond donors (Lipinski definition) is 1. The van der Waals surface area contributed by atoms with Gasteiger partial charge in [0.1, 0.15) is 5.82 Å². The van der Waals surface area contributed by atoms with Gasteiger partial charge in [0.25, 0.3) is 5.82 Å². The summed E-state index contributed by atoms with van der Waals surface area (Å²) in [5.41, 5.74) is 1.56. The summed E-state index contributed by atoms with van der Waals surface area (Å²) in [4.78, 5) is 14.7. The van der Waals surface area contributed by atoms with Crippen molar-refractivity contribution in [3.05, 3.63) is 40.4 Å². The molecule has 6 heteroatoms. The first kappa shape index (κ1) is 11.6. The number of aryl methyl sites for hydroxylation is 2. The summed E-state index contributed by atoms with van der Waals surface area (Å²) in [6.07, 6.45) is 0. The fourth-order valence-corrected chi connectivity index (χ4v) is 1.89. The molecule has 0 saturated carbocycles. The van der Waals surface area contributed by atoms with Gasteiger partial charge in [0, 0.05) is 0 Å². The fraction of sp³-hybridized carbons (Fsp3) is 0.182. The number of para-hydroxylation sites is 1. The van der Waals surface area contributed by atoms with Gasteiger partial charge >= 0.3 is 5.97 Å². The molecule has 88 valence electrons. The van der Waals surface area contributed by atoms with Gasteiger partial charge in [-0.3, -0.25) is 0 Å². The van der Waals surface area contributed by atoms with Gasteiger partial charge in [-0.1, -0.05) is 23.7 Å². The van der Waals surface area contributed by atoms with Crippen LogP contribution in [0.5, 0.6) is 0 Å². The van der Waals surface area contributed by atoms with E-state index in [4.69, 9.17) is 16.7 Å². The monoisotopic (exact) mass is 251 g/mol. The summed E-state index contributed by atoms with van der Waals surface area (Å²) < 4.78 is 1.45. The lowest BCUT2D eigenvalue weighted by Crippen LogP contribution is -2.04. The predicted molar refractivity (Wildman–Crippen MR) is 62.8 cm³/mol. The molecule has 0 unspecified atom stereocenters. The van der Waals surface area contributed by atoms with E-state index < -0.39 is 5.97 Å². The summed E-state index contributed by atoms with van der Waals surface area (Å²) in [7, 11) is 0. The number of aromatic nitrogens is 3. The normalized spacial score (nSPS) is 10.5. The number of carbonyl (C=O) groups is 1. The van der Waals surface area contributed by atoms with Gasteiger partial charge in [0.05, 0.1) is 10.7 Å². The first-order valence-corrected chi connectivity index (χ1v) is 5.31. The molecule has 0 saturated heterocycles. The van der Waals surface area contributed by atoms with Gasteiger partial charge in [0.15, 0.2) is 0 Å². The number of rotatable bonds is 2. The molecule has 2 aromatic rings. The third-order valence-corrected chi connectivity index (χ3v) is 2.67. The second-order valence-electron chi connectivity index (χ2n) is 3.60. The lowest BCUT2D eigenvalue weighted by atomic mass is 10.2. The molecule has 17 heavy (non-hydrogen) atoms. The average molecular weight is 252 g/mol. The summed E-state index contributed by atoms with van der Waals surface area (Å²) >= 11 is 6.09. The van der Waals surface area contributed by atoms with Crippen LogP contribution in [0.3, 0.4) is 0 Å². The first-order chi connectivity index (χ1) is 8.00. The largest absolute Gasteiger partial charge is 0.475 e. The van der Waals surface area contributed by atoms with E-state index >= 15 is 0 Å². The fourth-order valence-electron chi connectivity index (χ4n) is 1.58. The van der Waals surface area contributed by atoms with Crippen LogP contribution in [0.25, 0.3) is 5.69 Å². The van der Waals surface area contributed by atoms with Gasteiger partial charge in [-0.2, -0.15) is 0 Å². The minimum absolute atomic E-state index is 0.234. The van der Waals surface area contributed by atoms with Crippen molar-refractivity contribution in [3.63, 3.8) is 0 Å². The van der Waals surface area contributed by atoms with Crippen molar-refractivity contribution in [1.29, 1.82) is 0 Å². The van der Waals surface area contributed by atoms with Crippen molar-refractivity contribution in [2.45, 2.75) is 13.8 Å². The van der Waals surface area contributed by atoms with E-state index in [1.165, 1.54) is 4.68 Å². The molecule has 0 atom stereocenters. The SMILES string of the molecule is Cc1cccc(Cl)c1-n1nc(C(=O)O)nc1C. The highest BCUT2D eigenvalue weighted by molar-refractivity contribution is 6.32. The number of carboxylic acid groups (broad SMARTS) is 1. The van der Waals surface area contributed by atoms with Crippen molar-refractivity contribution in [3.8, 4) is 5.69 Å². The Hall–Kier alpha value is -1.88. The lowest BCUT2D eigenvalue weighted by molar-refractivity contribution is 0.0683. The van der Waals surface area contributed by atoms with E-state index in [2.05, 4.69) is 10.1 Å². The second kappa shape index (κ2) is 4.18. The molecule has 0 radical (unpaired) electrons. The van der Waals surface area contributed by atoms with Crippen molar-refractivity contribution >= 4 is 17.6 Å². The van der Waals surface area contributed by atoms with E-state index in [0.29, 0.717) is 16.5 Å². The topological polar surface area (TPSA) is 68.0 Å². The highest BCUT2D eigenvalue weighted by Gasteiger charge is 2.16. The van der Waals surface area contributed by atoms with Crippen LogP contribution in [0.1, 0.15) is 22.0 Å². The maximum atomic E-state index is 10.8. The van der Waals surface area contributed by atoms with E-state index in [0.717, 1.165) is 5.56 Å². The molecule has 0 bridgehead atoms. The Kier molecular flexibility index (Phi) is 2.85. The highest BCUT2D eigenvalue weighted by atomic mass is 35.5. The molecular weight excluding hydrogens is 242 g/mol. The third kappa shape index (κ3) is 2.01. The smallest absolute Gasteiger partial charge is 0.375 e. The Morgan fingerprint density at radius 2 is 2.12 bits per heavy atom. The number of hydrogen-bond acceptors (Lipinski definition) is 3. The summed E-state index contributed by atoms with van der Waals surface area (Å²) in [5, 5.41) is 13.3. The molecule has 0 aliphatic heterocycles. The molecule has 0 aliphatic carbocycles. The zero-order valence-corrected chi connectivity index (χ0v) is 10.1. The van der Waals surface area contributed by atoms with Crippen LogP contribution in [0.4, 0.5) is 0 Å². The molecule has 1 aromatic carbocycles. The zero-order chi connectivity index (χ0) is 12.6. The first-order valence-electron chi connectivity index (χ1n) is 4.93. The third-order valence-electron chi connectivity index (χ3n) is 2.36. The van der Waals surface area contributed by atoms with Crippen LogP contribution >= 0.6 is 11.6 Å². The van der Waals surface area contributed by atoms with Gasteiger partial charge < -0.3 is 5.11 Å². The Balaban J connectivity index is 2.64. The molecule has 0 spiro atoms. The van der Waals surface area contributed by atoms with E-state index in [9.17, 15) is 4.79 Å². The zero-order valence-electron chi connectivity index (χ0n) is 9.31. The van der Waals surface area contributed by atoms with Gasteiger partial charge in [-0.15, -0.1) is 5.10 Å². The van der Waals surface area contributed by atoms with Crippen LogP contribution in [0.2, 0.25) is 5.02 Å². The maximum Gasteiger partial charge on any atom is 0.375 e. The summed E-state index contributed by atoms with van der Waals surface area (Å²) in [6.45, 7) is 3.56. The molecule has 2 rings (SSSR count). The van der Waals surface area contributed by atoms with Crippen molar-refractivity contribution in [1.82, 2.24) is 14.8 Å². The lowest BCUT2D eigenvalue weighted by Gasteiger charge is -2.08. The molecule has 0 aliphatic rings. The summed E-state index contributed by atoms with van der Waals surface area (Å²) in [6, 6.07) is 5.43. The number of aromatic carboxylic acids is 1. The number of nitrogens with zero attached hydrogens (tertiary/aromatic N) is 3. The van der Waals surface area contributed by atoms with Crippen LogP contribution in [-0.4, -0.2) is 25.8 Å². The molecule has 1 aromatic heterocycles. The minimum atomic E-state index is -1.16. The number of benzene rings is 1. The quantitative estimate of drug-likeness (QED) is 0.889.